The molecule has 1 aromatic rings. The molecule has 1 fully saturated rings. The fourth-order valence-corrected chi connectivity index (χ4v) is 2.35. The summed E-state index contributed by atoms with van der Waals surface area (Å²) < 4.78 is 5.23. The lowest BCUT2D eigenvalue weighted by atomic mass is 10.2. The molecule has 1 N–H and O–H groups in total. The summed E-state index contributed by atoms with van der Waals surface area (Å²) in [6.07, 6.45) is 1.67. The highest BCUT2D eigenvalue weighted by molar-refractivity contribution is 8.18. The van der Waals surface area contributed by atoms with Crippen LogP contribution >= 0.6 is 11.8 Å². The van der Waals surface area contributed by atoms with Gasteiger partial charge in [0.05, 0.1) is 11.5 Å². The molecule has 1 aliphatic heterocycles. The number of aliphatic hydroxyl groups excluding tert-OH is 1. The van der Waals surface area contributed by atoms with Gasteiger partial charge in [-0.1, -0.05) is 12.1 Å². The second-order valence-electron chi connectivity index (χ2n) is 3.88. The highest BCUT2D eigenvalue weighted by atomic mass is 32.2. The van der Waals surface area contributed by atoms with E-state index >= 15 is 0 Å². The van der Waals surface area contributed by atoms with E-state index in [9.17, 15) is 9.59 Å². The summed E-state index contributed by atoms with van der Waals surface area (Å²) in [6.45, 7) is 0.208. The average Bonchev–Trinajstić information content (AvgIpc) is 2.66. The van der Waals surface area contributed by atoms with E-state index in [1.54, 1.807) is 30.3 Å². The zero-order chi connectivity index (χ0) is 13.8. The van der Waals surface area contributed by atoms with Crippen LogP contribution in [-0.4, -0.2) is 41.4 Å². The van der Waals surface area contributed by atoms with Crippen LogP contribution in [0.1, 0.15) is 5.56 Å². The molecule has 0 saturated carbocycles. The van der Waals surface area contributed by atoms with Crippen LogP contribution in [0.2, 0.25) is 0 Å². The van der Waals surface area contributed by atoms with E-state index in [0.29, 0.717) is 10.7 Å². The monoisotopic (exact) mass is 279 g/mol. The molecule has 100 valence electrons. The van der Waals surface area contributed by atoms with E-state index in [-0.39, 0.29) is 24.4 Å². The van der Waals surface area contributed by atoms with Gasteiger partial charge >= 0.3 is 0 Å². The topological polar surface area (TPSA) is 66.8 Å². The second kappa shape index (κ2) is 5.90. The first-order chi connectivity index (χ1) is 9.11. The maximum Gasteiger partial charge on any atom is 0.293 e. The molecule has 0 bridgehead atoms. The number of hydrogen-bond acceptors (Lipinski definition) is 5. The van der Waals surface area contributed by atoms with Gasteiger partial charge in [0.25, 0.3) is 11.1 Å². The summed E-state index contributed by atoms with van der Waals surface area (Å²) in [5, 5.41) is 8.37. The third-order valence-electron chi connectivity index (χ3n) is 2.52. The maximum atomic E-state index is 11.7. The number of benzene rings is 1. The highest BCUT2D eigenvalue weighted by Crippen LogP contribution is 2.31. The minimum absolute atomic E-state index is 0.0363. The van der Waals surface area contributed by atoms with Crippen molar-refractivity contribution in [1.29, 1.82) is 0 Å². The summed E-state index contributed by atoms with van der Waals surface area (Å²) in [7, 11) is 1.46. The van der Waals surface area contributed by atoms with Crippen molar-refractivity contribution < 1.29 is 19.4 Å². The maximum absolute atomic E-state index is 11.7. The fraction of sp³-hybridized carbons (Fsp3) is 0.231. The quantitative estimate of drug-likeness (QED) is 0.850. The molecule has 19 heavy (non-hydrogen) atoms. The molecular formula is C13H13NO4S. The third kappa shape index (κ3) is 3.15. The van der Waals surface area contributed by atoms with Crippen LogP contribution in [0.5, 0.6) is 5.75 Å². The van der Waals surface area contributed by atoms with Gasteiger partial charge < -0.3 is 9.84 Å². The molecule has 1 heterocycles. The minimum Gasteiger partial charge on any atom is -0.491 e. The summed E-state index contributed by atoms with van der Waals surface area (Å²) in [4.78, 5) is 24.5. The van der Waals surface area contributed by atoms with Crippen molar-refractivity contribution >= 4 is 29.0 Å². The molecule has 0 spiro atoms. The van der Waals surface area contributed by atoms with Crippen LogP contribution in [0.4, 0.5) is 4.79 Å². The van der Waals surface area contributed by atoms with Gasteiger partial charge in [-0.25, -0.2) is 0 Å². The van der Waals surface area contributed by atoms with Gasteiger partial charge in [0.2, 0.25) is 0 Å². The Kier molecular flexibility index (Phi) is 4.24. The van der Waals surface area contributed by atoms with E-state index in [4.69, 9.17) is 9.84 Å². The first kappa shape index (κ1) is 13.6. The number of hydrogen-bond donors (Lipinski definition) is 1. The molecular weight excluding hydrogens is 266 g/mol. The van der Waals surface area contributed by atoms with Gasteiger partial charge in [0, 0.05) is 7.05 Å². The van der Waals surface area contributed by atoms with E-state index in [2.05, 4.69) is 0 Å². The van der Waals surface area contributed by atoms with Crippen molar-refractivity contribution in [3.05, 3.63) is 34.7 Å². The van der Waals surface area contributed by atoms with E-state index in [1.807, 2.05) is 0 Å². The van der Waals surface area contributed by atoms with Crippen LogP contribution in [0.3, 0.4) is 0 Å². The number of rotatable bonds is 4. The third-order valence-corrected chi connectivity index (χ3v) is 3.49. The van der Waals surface area contributed by atoms with Crippen molar-refractivity contribution in [3.8, 4) is 5.75 Å². The number of ether oxygens (including phenoxy) is 1. The van der Waals surface area contributed by atoms with Crippen LogP contribution in [0, 0.1) is 0 Å². The molecule has 0 radical (unpaired) electrons. The molecule has 1 aromatic carbocycles. The lowest BCUT2D eigenvalue weighted by Crippen LogP contribution is -2.22. The van der Waals surface area contributed by atoms with Crippen LogP contribution in [0.25, 0.3) is 6.08 Å². The van der Waals surface area contributed by atoms with Crippen LogP contribution < -0.4 is 4.74 Å². The summed E-state index contributed by atoms with van der Waals surface area (Å²) in [6, 6.07) is 7.07. The first-order valence-corrected chi connectivity index (χ1v) is 6.49. The zero-order valence-corrected chi connectivity index (χ0v) is 11.1. The molecule has 2 rings (SSSR count). The van der Waals surface area contributed by atoms with Crippen molar-refractivity contribution in [1.82, 2.24) is 4.90 Å². The molecule has 5 nitrogen and oxygen atoms in total. The summed E-state index contributed by atoms with van der Waals surface area (Å²) >= 11 is 0.929. The van der Waals surface area contributed by atoms with Gasteiger partial charge in [0.15, 0.2) is 0 Å². The SMILES string of the molecule is CN1C(=O)SC(=Cc2ccc(OCCO)cc2)C1=O. The number of likely N-dealkylation sites (N-methyl/N-ethyl adjacent to an activating group) is 1. The molecule has 0 aliphatic carbocycles. The Labute approximate surface area is 114 Å². The lowest BCUT2D eigenvalue weighted by molar-refractivity contribution is -0.121. The number of nitrogens with zero attached hydrogens (tertiary/aromatic N) is 1. The Bertz CT molecular complexity index is 524. The molecule has 1 saturated heterocycles. The number of aliphatic hydroxyl groups is 1. The number of thioether (sulfide) groups is 1. The average molecular weight is 279 g/mol. The van der Waals surface area contributed by atoms with Gasteiger partial charge in [-0.15, -0.1) is 0 Å². The van der Waals surface area contributed by atoms with Crippen molar-refractivity contribution in [2.24, 2.45) is 0 Å². The number of carbonyl (C=O) groups excluding carboxylic acids is 2. The fourth-order valence-electron chi connectivity index (χ4n) is 1.52. The largest absolute Gasteiger partial charge is 0.491 e. The first-order valence-electron chi connectivity index (χ1n) is 5.67. The van der Waals surface area contributed by atoms with Crippen molar-refractivity contribution in [2.45, 2.75) is 0 Å². The highest BCUT2D eigenvalue weighted by Gasteiger charge is 2.31. The standard InChI is InChI=1S/C13H13NO4S/c1-14-12(16)11(19-13(14)17)8-9-2-4-10(5-3-9)18-7-6-15/h2-5,8,15H,6-7H2,1H3. The minimum atomic E-state index is -0.282. The second-order valence-corrected chi connectivity index (χ2v) is 4.88. The van der Waals surface area contributed by atoms with Gasteiger partial charge in [-0.05, 0) is 35.5 Å². The normalized spacial score (nSPS) is 17.4. The molecule has 1 aliphatic rings. The van der Waals surface area contributed by atoms with Crippen molar-refractivity contribution in [2.75, 3.05) is 20.3 Å². The Hall–Kier alpha value is -1.79. The zero-order valence-electron chi connectivity index (χ0n) is 10.3. The van der Waals surface area contributed by atoms with E-state index in [1.165, 1.54) is 7.05 Å². The smallest absolute Gasteiger partial charge is 0.293 e. The predicted molar refractivity (Wildman–Crippen MR) is 72.8 cm³/mol. The lowest BCUT2D eigenvalue weighted by Gasteiger charge is -2.04. The van der Waals surface area contributed by atoms with Gasteiger partial charge in [-0.3, -0.25) is 14.5 Å². The molecule has 0 aromatic heterocycles. The van der Waals surface area contributed by atoms with Gasteiger partial charge in [0.1, 0.15) is 12.4 Å². The molecule has 2 amide bonds. The number of imide groups is 1. The van der Waals surface area contributed by atoms with Crippen LogP contribution in [-0.2, 0) is 4.79 Å². The van der Waals surface area contributed by atoms with E-state index in [0.717, 1.165) is 22.2 Å². The van der Waals surface area contributed by atoms with Crippen molar-refractivity contribution in [3.63, 3.8) is 0 Å². The number of amides is 2. The predicted octanol–water partition coefficient (Wildman–Crippen LogP) is 1.72. The Morgan fingerprint density at radius 1 is 1.32 bits per heavy atom. The Morgan fingerprint density at radius 2 is 2.00 bits per heavy atom. The summed E-state index contributed by atoms with van der Waals surface area (Å²) in [5.41, 5.74) is 0.815. The Balaban J connectivity index is 2.11. The van der Waals surface area contributed by atoms with Crippen LogP contribution in [0.15, 0.2) is 29.2 Å². The molecule has 6 heteroatoms. The Morgan fingerprint density at radius 3 is 2.53 bits per heavy atom. The number of carbonyl (C=O) groups is 2. The molecule has 0 unspecified atom stereocenters. The van der Waals surface area contributed by atoms with Gasteiger partial charge in [-0.2, -0.15) is 0 Å². The summed E-state index contributed by atoms with van der Waals surface area (Å²) in [5.74, 6) is 0.366. The van der Waals surface area contributed by atoms with E-state index < -0.39 is 0 Å². The molecule has 0 atom stereocenters.